The third kappa shape index (κ3) is 3.90. The van der Waals surface area contributed by atoms with Crippen molar-refractivity contribution in [3.05, 3.63) is 34.1 Å². The van der Waals surface area contributed by atoms with Gasteiger partial charge in [0.1, 0.15) is 5.82 Å². The Labute approximate surface area is 102 Å². The topological polar surface area (TPSA) is 38.3 Å². The quantitative estimate of drug-likeness (QED) is 0.845. The highest BCUT2D eigenvalue weighted by Gasteiger charge is 2.10. The van der Waals surface area contributed by atoms with E-state index in [0.717, 1.165) is 0 Å². The van der Waals surface area contributed by atoms with E-state index in [9.17, 15) is 9.18 Å². The fourth-order valence-corrected chi connectivity index (χ4v) is 1.48. The van der Waals surface area contributed by atoms with E-state index in [1.54, 1.807) is 6.07 Å². The number of ether oxygens (including phenoxy) is 1. The van der Waals surface area contributed by atoms with Gasteiger partial charge >= 0.3 is 0 Å². The zero-order chi connectivity index (χ0) is 12.0. The average Bonchev–Trinajstić information content (AvgIpc) is 2.24. The molecule has 0 aromatic heterocycles. The molecule has 0 aliphatic carbocycles. The Morgan fingerprint density at radius 1 is 1.56 bits per heavy atom. The lowest BCUT2D eigenvalue weighted by atomic mass is 10.2. The van der Waals surface area contributed by atoms with Gasteiger partial charge in [-0.1, -0.05) is 15.9 Å². The number of halogens is 2. The van der Waals surface area contributed by atoms with Crippen LogP contribution in [0.5, 0.6) is 0 Å². The molecule has 1 aromatic carbocycles. The Balaban J connectivity index is 2.53. The average molecular weight is 290 g/mol. The molecule has 3 nitrogen and oxygen atoms in total. The fourth-order valence-electron chi connectivity index (χ4n) is 1.15. The summed E-state index contributed by atoms with van der Waals surface area (Å²) in [6.07, 6.45) is 0. The van der Waals surface area contributed by atoms with Crippen LogP contribution < -0.4 is 5.32 Å². The molecule has 5 heteroatoms. The summed E-state index contributed by atoms with van der Waals surface area (Å²) >= 11 is 3.13. The second-order valence-electron chi connectivity index (χ2n) is 3.08. The maximum atomic E-state index is 13.4. The predicted octanol–water partition coefficient (Wildman–Crippen LogP) is 2.35. The molecule has 1 rings (SSSR count). The molecule has 0 aliphatic rings. The molecule has 0 unspecified atom stereocenters. The first kappa shape index (κ1) is 13.1. The molecule has 16 heavy (non-hydrogen) atoms. The number of amides is 1. The zero-order valence-corrected chi connectivity index (χ0v) is 10.5. The van der Waals surface area contributed by atoms with Crippen LogP contribution >= 0.6 is 15.9 Å². The Morgan fingerprint density at radius 2 is 2.31 bits per heavy atom. The molecule has 0 bridgehead atoms. The van der Waals surface area contributed by atoms with E-state index in [4.69, 9.17) is 4.74 Å². The lowest BCUT2D eigenvalue weighted by molar-refractivity contribution is 0.0918. The van der Waals surface area contributed by atoms with Crippen LogP contribution in [0.15, 0.2) is 22.7 Å². The van der Waals surface area contributed by atoms with Gasteiger partial charge in [-0.15, -0.1) is 0 Å². The van der Waals surface area contributed by atoms with Crippen LogP contribution in [0.2, 0.25) is 0 Å². The molecule has 1 N–H and O–H groups in total. The van der Waals surface area contributed by atoms with Crippen molar-refractivity contribution in [1.29, 1.82) is 0 Å². The van der Waals surface area contributed by atoms with E-state index in [1.807, 2.05) is 6.92 Å². The van der Waals surface area contributed by atoms with Crippen molar-refractivity contribution in [3.8, 4) is 0 Å². The van der Waals surface area contributed by atoms with Crippen molar-refractivity contribution < 1.29 is 13.9 Å². The number of carbonyl (C=O) groups is 1. The van der Waals surface area contributed by atoms with Crippen LogP contribution in [-0.4, -0.2) is 25.7 Å². The molecule has 0 saturated carbocycles. The highest BCUT2D eigenvalue weighted by atomic mass is 79.9. The smallest absolute Gasteiger partial charge is 0.254 e. The van der Waals surface area contributed by atoms with Gasteiger partial charge in [0.05, 0.1) is 12.2 Å². The van der Waals surface area contributed by atoms with Crippen molar-refractivity contribution in [1.82, 2.24) is 5.32 Å². The Hall–Kier alpha value is -0.940. The normalized spacial score (nSPS) is 10.2. The van der Waals surface area contributed by atoms with E-state index < -0.39 is 11.7 Å². The summed E-state index contributed by atoms with van der Waals surface area (Å²) in [5.41, 5.74) is 0.0414. The number of hydrogen-bond donors (Lipinski definition) is 1. The van der Waals surface area contributed by atoms with Crippen LogP contribution in [0.25, 0.3) is 0 Å². The van der Waals surface area contributed by atoms with Gasteiger partial charge in [0, 0.05) is 17.6 Å². The van der Waals surface area contributed by atoms with Gasteiger partial charge in [-0.2, -0.15) is 0 Å². The number of carbonyl (C=O) groups excluding carboxylic acids is 1. The van der Waals surface area contributed by atoms with E-state index >= 15 is 0 Å². The Bertz CT molecular complexity index is 371. The summed E-state index contributed by atoms with van der Waals surface area (Å²) in [5.74, 6) is -0.965. The first-order chi connectivity index (χ1) is 7.65. The third-order valence-corrected chi connectivity index (χ3v) is 2.41. The molecular weight excluding hydrogens is 277 g/mol. The monoisotopic (exact) mass is 289 g/mol. The van der Waals surface area contributed by atoms with Gasteiger partial charge < -0.3 is 10.1 Å². The maximum absolute atomic E-state index is 13.4. The summed E-state index contributed by atoms with van der Waals surface area (Å²) in [6.45, 7) is 3.28. The van der Waals surface area contributed by atoms with Crippen molar-refractivity contribution >= 4 is 21.8 Å². The van der Waals surface area contributed by atoms with Crippen LogP contribution in [0.4, 0.5) is 4.39 Å². The van der Waals surface area contributed by atoms with Gasteiger partial charge in [-0.25, -0.2) is 4.39 Å². The fraction of sp³-hybridized carbons (Fsp3) is 0.364. The summed E-state index contributed by atoms with van der Waals surface area (Å²) in [7, 11) is 0. The lowest BCUT2D eigenvalue weighted by Gasteiger charge is -2.06. The number of benzene rings is 1. The molecule has 0 spiro atoms. The SMILES string of the molecule is CCOCCNC(=O)c1ccc(Br)cc1F. The first-order valence-corrected chi connectivity index (χ1v) is 5.75. The van der Waals surface area contributed by atoms with Gasteiger partial charge in [0.2, 0.25) is 0 Å². The van der Waals surface area contributed by atoms with Gasteiger partial charge in [0.25, 0.3) is 5.91 Å². The summed E-state index contributed by atoms with van der Waals surface area (Å²) in [4.78, 5) is 11.5. The van der Waals surface area contributed by atoms with E-state index in [-0.39, 0.29) is 5.56 Å². The summed E-state index contributed by atoms with van der Waals surface area (Å²) in [5, 5.41) is 2.57. The second-order valence-corrected chi connectivity index (χ2v) is 3.99. The molecule has 1 aromatic rings. The molecule has 1 amide bonds. The van der Waals surface area contributed by atoms with E-state index in [2.05, 4.69) is 21.2 Å². The molecule has 0 heterocycles. The van der Waals surface area contributed by atoms with Gasteiger partial charge in [-0.3, -0.25) is 4.79 Å². The Kier molecular flexibility index (Phi) is 5.42. The summed E-state index contributed by atoms with van der Waals surface area (Å²) < 4.78 is 19.0. The highest BCUT2D eigenvalue weighted by molar-refractivity contribution is 9.10. The molecule has 0 radical (unpaired) electrons. The van der Waals surface area contributed by atoms with Crippen LogP contribution in [0, 0.1) is 5.82 Å². The van der Waals surface area contributed by atoms with Gasteiger partial charge in [-0.05, 0) is 25.1 Å². The zero-order valence-electron chi connectivity index (χ0n) is 8.93. The van der Waals surface area contributed by atoms with Crippen LogP contribution in [0.3, 0.4) is 0 Å². The van der Waals surface area contributed by atoms with Crippen LogP contribution in [0.1, 0.15) is 17.3 Å². The lowest BCUT2D eigenvalue weighted by Crippen LogP contribution is -2.28. The Morgan fingerprint density at radius 3 is 2.94 bits per heavy atom. The number of hydrogen-bond acceptors (Lipinski definition) is 2. The highest BCUT2D eigenvalue weighted by Crippen LogP contribution is 2.14. The molecule has 0 aliphatic heterocycles. The second kappa shape index (κ2) is 6.60. The van der Waals surface area contributed by atoms with E-state index in [1.165, 1.54) is 12.1 Å². The first-order valence-electron chi connectivity index (χ1n) is 4.96. The van der Waals surface area contributed by atoms with Crippen molar-refractivity contribution in [2.45, 2.75) is 6.92 Å². The standard InChI is InChI=1S/C11H13BrFNO2/c1-2-16-6-5-14-11(15)9-4-3-8(12)7-10(9)13/h3-4,7H,2,5-6H2,1H3,(H,14,15). The molecule has 0 saturated heterocycles. The maximum Gasteiger partial charge on any atom is 0.254 e. The number of rotatable bonds is 5. The largest absolute Gasteiger partial charge is 0.380 e. The van der Waals surface area contributed by atoms with Crippen molar-refractivity contribution in [2.24, 2.45) is 0 Å². The summed E-state index contributed by atoms with van der Waals surface area (Å²) in [6, 6.07) is 4.33. The van der Waals surface area contributed by atoms with Gasteiger partial charge in [0.15, 0.2) is 0 Å². The number of nitrogens with one attached hydrogen (secondary N) is 1. The molecule has 0 atom stereocenters. The molecule has 0 fully saturated rings. The minimum Gasteiger partial charge on any atom is -0.380 e. The van der Waals surface area contributed by atoms with Crippen molar-refractivity contribution in [3.63, 3.8) is 0 Å². The van der Waals surface area contributed by atoms with E-state index in [0.29, 0.717) is 24.2 Å². The minimum atomic E-state index is -0.539. The minimum absolute atomic E-state index is 0.0414. The predicted molar refractivity (Wildman–Crippen MR) is 62.9 cm³/mol. The molecular formula is C11H13BrFNO2. The van der Waals surface area contributed by atoms with Crippen LogP contribution in [-0.2, 0) is 4.74 Å². The third-order valence-electron chi connectivity index (χ3n) is 1.91. The molecule has 88 valence electrons. The van der Waals surface area contributed by atoms with Crippen molar-refractivity contribution in [2.75, 3.05) is 19.8 Å².